The molecule has 0 aliphatic rings. The Hall–Kier alpha value is -2.98. The van der Waals surface area contributed by atoms with Crippen LogP contribution >= 0.6 is 0 Å². The van der Waals surface area contributed by atoms with Gasteiger partial charge in [0.2, 0.25) is 17.7 Å². The van der Waals surface area contributed by atoms with Crippen molar-refractivity contribution >= 4 is 23.7 Å². The van der Waals surface area contributed by atoms with E-state index < -0.39 is 47.9 Å². The van der Waals surface area contributed by atoms with Crippen molar-refractivity contribution in [3.63, 3.8) is 0 Å². The summed E-state index contributed by atoms with van der Waals surface area (Å²) in [5, 5.41) is 16.9. The van der Waals surface area contributed by atoms with E-state index in [2.05, 4.69) is 16.0 Å². The molecule has 34 heavy (non-hydrogen) atoms. The summed E-state index contributed by atoms with van der Waals surface area (Å²) in [7, 11) is 0. The second-order valence-electron chi connectivity index (χ2n) is 8.58. The van der Waals surface area contributed by atoms with E-state index >= 15 is 0 Å². The first-order chi connectivity index (χ1) is 16.1. The molecule has 5 atom stereocenters. The highest BCUT2D eigenvalue weighted by Crippen LogP contribution is 2.11. The van der Waals surface area contributed by atoms with Crippen LogP contribution in [0.1, 0.15) is 52.0 Å². The minimum Gasteiger partial charge on any atom is -0.480 e. The Morgan fingerprint density at radius 3 is 2.15 bits per heavy atom. The number of carboxylic acids is 1. The fourth-order valence-electron chi connectivity index (χ4n) is 3.32. The van der Waals surface area contributed by atoms with Crippen LogP contribution < -0.4 is 27.4 Å². The second kappa shape index (κ2) is 15.0. The largest absolute Gasteiger partial charge is 0.480 e. The van der Waals surface area contributed by atoms with Crippen LogP contribution in [0.3, 0.4) is 0 Å². The topological polar surface area (TPSA) is 177 Å². The van der Waals surface area contributed by atoms with Gasteiger partial charge in [-0.3, -0.25) is 19.2 Å². The Balaban J connectivity index is 2.91. The molecular weight excluding hydrogens is 438 g/mol. The summed E-state index contributed by atoms with van der Waals surface area (Å²) < 4.78 is 0. The van der Waals surface area contributed by atoms with E-state index in [0.29, 0.717) is 32.2 Å². The molecule has 1 rings (SSSR count). The van der Waals surface area contributed by atoms with Crippen molar-refractivity contribution in [2.75, 3.05) is 6.54 Å². The number of aliphatic carboxylic acids is 1. The van der Waals surface area contributed by atoms with Crippen LogP contribution in [0.25, 0.3) is 0 Å². The molecule has 0 fully saturated rings. The van der Waals surface area contributed by atoms with Crippen molar-refractivity contribution < 1.29 is 24.3 Å². The first-order valence-electron chi connectivity index (χ1n) is 11.7. The molecule has 5 unspecified atom stereocenters. The molecule has 0 saturated heterocycles. The smallest absolute Gasteiger partial charge is 0.325 e. The third-order valence-electron chi connectivity index (χ3n) is 5.74. The maximum absolute atomic E-state index is 13.1. The van der Waals surface area contributed by atoms with Gasteiger partial charge in [-0.05, 0) is 50.6 Å². The van der Waals surface area contributed by atoms with Crippen molar-refractivity contribution in [2.45, 2.75) is 77.0 Å². The molecule has 10 nitrogen and oxygen atoms in total. The van der Waals surface area contributed by atoms with Crippen LogP contribution in [0.15, 0.2) is 30.3 Å². The van der Waals surface area contributed by atoms with Crippen molar-refractivity contribution in [2.24, 2.45) is 17.4 Å². The van der Waals surface area contributed by atoms with Gasteiger partial charge in [-0.25, -0.2) is 0 Å². The highest BCUT2D eigenvalue weighted by molar-refractivity contribution is 5.94. The van der Waals surface area contributed by atoms with Gasteiger partial charge in [0, 0.05) is 0 Å². The average molecular weight is 478 g/mol. The summed E-state index contributed by atoms with van der Waals surface area (Å²) in [6.45, 7) is 5.48. The molecule has 0 aliphatic heterocycles. The Morgan fingerprint density at radius 1 is 0.941 bits per heavy atom. The minimum atomic E-state index is -1.18. The summed E-state index contributed by atoms with van der Waals surface area (Å²) in [6.07, 6.45) is 2.42. The van der Waals surface area contributed by atoms with Crippen molar-refractivity contribution in [1.82, 2.24) is 16.0 Å². The number of hydrogen-bond acceptors (Lipinski definition) is 6. The fraction of sp³-hybridized carbons (Fsp3) is 0.583. The van der Waals surface area contributed by atoms with E-state index in [0.717, 1.165) is 5.56 Å². The highest BCUT2D eigenvalue weighted by Gasteiger charge is 2.31. The molecule has 10 heteroatoms. The summed E-state index contributed by atoms with van der Waals surface area (Å²) >= 11 is 0. The number of nitrogens with one attached hydrogen (secondary N) is 3. The predicted octanol–water partition coefficient (Wildman–Crippen LogP) is 0.290. The molecule has 0 heterocycles. The lowest BCUT2D eigenvalue weighted by atomic mass is 9.96. The van der Waals surface area contributed by atoms with Crippen LogP contribution in [0, 0.1) is 5.92 Å². The average Bonchev–Trinajstić information content (AvgIpc) is 2.81. The first kappa shape index (κ1) is 29.1. The van der Waals surface area contributed by atoms with Crippen LogP contribution in [0.4, 0.5) is 0 Å². The van der Waals surface area contributed by atoms with E-state index in [9.17, 15) is 19.2 Å². The lowest BCUT2D eigenvalue weighted by molar-refractivity contribution is -0.142. The van der Waals surface area contributed by atoms with Crippen LogP contribution in [0.2, 0.25) is 0 Å². The van der Waals surface area contributed by atoms with Gasteiger partial charge in [-0.15, -0.1) is 0 Å². The van der Waals surface area contributed by atoms with E-state index in [1.54, 1.807) is 0 Å². The molecule has 0 saturated carbocycles. The predicted molar refractivity (Wildman–Crippen MR) is 130 cm³/mol. The number of amides is 3. The molecule has 1 aromatic carbocycles. The zero-order valence-corrected chi connectivity index (χ0v) is 20.3. The van der Waals surface area contributed by atoms with Gasteiger partial charge >= 0.3 is 5.97 Å². The van der Waals surface area contributed by atoms with E-state index in [1.165, 1.54) is 6.92 Å². The Bertz CT molecular complexity index is 804. The summed E-state index contributed by atoms with van der Waals surface area (Å²) in [6, 6.07) is 5.51. The van der Waals surface area contributed by atoms with Gasteiger partial charge < -0.3 is 32.5 Å². The summed E-state index contributed by atoms with van der Waals surface area (Å²) in [5.41, 5.74) is 12.5. The van der Waals surface area contributed by atoms with Gasteiger partial charge in [0.05, 0.1) is 6.04 Å². The van der Waals surface area contributed by atoms with Gasteiger partial charge in [0.15, 0.2) is 0 Å². The molecular formula is C24H39N5O5. The zero-order chi connectivity index (χ0) is 25.7. The summed E-state index contributed by atoms with van der Waals surface area (Å²) in [4.78, 5) is 49.7. The van der Waals surface area contributed by atoms with E-state index in [4.69, 9.17) is 16.6 Å². The van der Waals surface area contributed by atoms with Gasteiger partial charge in [-0.1, -0.05) is 50.6 Å². The fourth-order valence-corrected chi connectivity index (χ4v) is 3.32. The van der Waals surface area contributed by atoms with Crippen LogP contribution in [0.5, 0.6) is 0 Å². The van der Waals surface area contributed by atoms with Crippen LogP contribution in [-0.2, 0) is 25.6 Å². The van der Waals surface area contributed by atoms with Crippen molar-refractivity contribution in [3.05, 3.63) is 35.9 Å². The third kappa shape index (κ3) is 9.88. The number of carbonyl (C=O) groups excluding carboxylic acids is 3. The Morgan fingerprint density at radius 2 is 1.59 bits per heavy atom. The SMILES string of the molecule is CCC(C)C(NC(=O)C(N)Cc1ccccc1)C(=O)NC(CCCCN)C(=O)NC(C)C(=O)O. The molecule has 0 radical (unpaired) electrons. The number of rotatable bonds is 15. The van der Waals surface area contributed by atoms with Crippen molar-refractivity contribution in [3.8, 4) is 0 Å². The van der Waals surface area contributed by atoms with Gasteiger partial charge in [0.1, 0.15) is 18.1 Å². The second-order valence-corrected chi connectivity index (χ2v) is 8.58. The maximum atomic E-state index is 13.1. The minimum absolute atomic E-state index is 0.224. The molecule has 0 aromatic heterocycles. The molecule has 190 valence electrons. The van der Waals surface area contributed by atoms with Crippen LogP contribution in [-0.4, -0.2) is 59.5 Å². The van der Waals surface area contributed by atoms with Gasteiger partial charge in [0.25, 0.3) is 0 Å². The number of benzene rings is 1. The Labute approximate surface area is 201 Å². The van der Waals surface area contributed by atoms with Gasteiger partial charge in [-0.2, -0.15) is 0 Å². The lowest BCUT2D eigenvalue weighted by Crippen LogP contribution is -2.58. The monoisotopic (exact) mass is 477 g/mol. The molecule has 3 amide bonds. The summed E-state index contributed by atoms with van der Waals surface area (Å²) in [5.74, 6) is -3.00. The molecule has 1 aromatic rings. The molecule has 0 spiro atoms. The third-order valence-corrected chi connectivity index (χ3v) is 5.74. The molecule has 0 bridgehead atoms. The molecule has 8 N–H and O–H groups in total. The standard InChI is InChI=1S/C24H39N5O5/c1-4-15(2)20(29-21(30)18(26)14-17-10-6-5-7-11-17)23(32)28-19(12-8-9-13-25)22(31)27-16(3)24(33)34/h5-7,10-11,15-16,18-20H,4,8-9,12-14,25-26H2,1-3H3,(H,27,31)(H,28,32)(H,29,30)(H,33,34). The number of hydrogen-bond donors (Lipinski definition) is 6. The number of nitrogens with two attached hydrogens (primary N) is 2. The Kier molecular flexibility index (Phi) is 12.8. The quantitative estimate of drug-likeness (QED) is 0.197. The molecule has 0 aliphatic carbocycles. The number of carbonyl (C=O) groups is 4. The maximum Gasteiger partial charge on any atom is 0.325 e. The lowest BCUT2D eigenvalue weighted by Gasteiger charge is -2.28. The van der Waals surface area contributed by atoms with E-state index in [1.807, 2.05) is 44.2 Å². The van der Waals surface area contributed by atoms with E-state index in [-0.39, 0.29) is 12.3 Å². The number of unbranched alkanes of at least 4 members (excludes halogenated alkanes) is 1. The normalized spacial score (nSPS) is 15.3. The highest BCUT2D eigenvalue weighted by atomic mass is 16.4. The first-order valence-corrected chi connectivity index (χ1v) is 11.7. The van der Waals surface area contributed by atoms with Crippen molar-refractivity contribution in [1.29, 1.82) is 0 Å². The zero-order valence-electron chi connectivity index (χ0n) is 20.3. The number of carboxylic acid groups (broad SMARTS) is 1.